The van der Waals surface area contributed by atoms with E-state index in [0.29, 0.717) is 5.82 Å². The molecule has 0 saturated heterocycles. The van der Waals surface area contributed by atoms with Gasteiger partial charge in [0.15, 0.2) is 0 Å². The highest BCUT2D eigenvalue weighted by Gasteiger charge is 2.65. The number of aromatic amines is 1. The molecule has 0 bridgehead atoms. The summed E-state index contributed by atoms with van der Waals surface area (Å²) in [6.45, 7) is 1.47. The van der Waals surface area contributed by atoms with Gasteiger partial charge in [0.25, 0.3) is 11.5 Å². The minimum atomic E-state index is -9.74. The Hall–Kier alpha value is -2.43. The molecule has 1 aliphatic carbocycles. The van der Waals surface area contributed by atoms with Crippen LogP contribution in [0.25, 0.3) is 0 Å². The normalized spacial score (nSPS) is 18.3. The van der Waals surface area contributed by atoms with Crippen molar-refractivity contribution in [2.45, 2.75) is 36.6 Å². The van der Waals surface area contributed by atoms with Crippen LogP contribution in [0.5, 0.6) is 0 Å². The van der Waals surface area contributed by atoms with E-state index < -0.39 is 32.6 Å². The molecule has 11 heteroatoms. The van der Waals surface area contributed by atoms with Crippen molar-refractivity contribution >= 4 is 16.1 Å². The van der Waals surface area contributed by atoms with Crippen molar-refractivity contribution in [2.75, 3.05) is 0 Å². The fraction of sp³-hybridized carbons (Fsp3) is 0.312. The van der Waals surface area contributed by atoms with E-state index in [1.807, 2.05) is 0 Å². The second-order valence-corrected chi connectivity index (χ2v) is 8.93. The lowest BCUT2D eigenvalue weighted by atomic mass is 10.1. The maximum Gasteiger partial charge on any atom is 0.310 e. The second kappa shape index (κ2) is 5.54. The predicted octanol–water partition coefficient (Wildman–Crippen LogP) is 4.80. The molecule has 1 saturated carbocycles. The zero-order valence-electron chi connectivity index (χ0n) is 14.0. The molecule has 1 aromatic carbocycles. The first-order valence-corrected chi connectivity index (χ1v) is 9.94. The number of amides is 1. The topological polar surface area (TPSA) is 74.8 Å². The Morgan fingerprint density at radius 1 is 1.19 bits per heavy atom. The number of rotatable bonds is 5. The second-order valence-electron chi connectivity index (χ2n) is 6.52. The van der Waals surface area contributed by atoms with E-state index in [1.165, 1.54) is 6.92 Å². The third-order valence-electron chi connectivity index (χ3n) is 4.13. The van der Waals surface area contributed by atoms with Crippen LogP contribution in [0.15, 0.2) is 40.0 Å². The number of hydrogen-bond acceptors (Lipinski definition) is 3. The Balaban J connectivity index is 1.77. The fourth-order valence-electron chi connectivity index (χ4n) is 2.51. The zero-order valence-corrected chi connectivity index (χ0v) is 14.8. The number of hydrogen-bond donors (Lipinski definition) is 2. The molecule has 1 fully saturated rings. The summed E-state index contributed by atoms with van der Waals surface area (Å²) >= 11 is 0. The van der Waals surface area contributed by atoms with Crippen LogP contribution >= 0.6 is 10.2 Å². The number of aromatic nitrogens is 2. The molecule has 2 aromatic rings. The molecule has 5 nitrogen and oxygen atoms in total. The van der Waals surface area contributed by atoms with Crippen LogP contribution in [0.4, 0.5) is 19.4 Å². The van der Waals surface area contributed by atoms with Gasteiger partial charge in [-0.05, 0) is 37.5 Å². The van der Waals surface area contributed by atoms with Gasteiger partial charge in [0.2, 0.25) is 0 Å². The summed E-state index contributed by atoms with van der Waals surface area (Å²) < 4.78 is 63.7. The highest BCUT2D eigenvalue weighted by atomic mass is 32.5. The Morgan fingerprint density at radius 3 is 2.30 bits per heavy atom. The van der Waals surface area contributed by atoms with Crippen LogP contribution in [0.1, 0.15) is 53.6 Å². The number of halogens is 5. The molecule has 27 heavy (non-hydrogen) atoms. The molecular weight excluding hydrogens is 393 g/mol. The monoisotopic (exact) mass is 409 g/mol. The third-order valence-corrected chi connectivity index (χ3v) is 5.29. The number of H-pyrrole nitrogens is 1. The van der Waals surface area contributed by atoms with Gasteiger partial charge in [0.05, 0.1) is 6.04 Å². The van der Waals surface area contributed by atoms with Gasteiger partial charge in [-0.25, -0.2) is 4.98 Å². The van der Waals surface area contributed by atoms with Crippen molar-refractivity contribution in [2.24, 2.45) is 0 Å². The number of carbonyl (C=O) groups excluding carboxylic acids is 1. The summed E-state index contributed by atoms with van der Waals surface area (Å²) in [5, 5.41) is 2.49. The molecule has 0 unspecified atom stereocenters. The standard InChI is InChI=1S/C16H16F5N3O2S/c1-9(10-4-6-12(7-5-10)27(17,18,19,20)21)22-16(26)13-8-14(25)24-15(23-13)11-2-3-11/h4-9,11H,2-3H2,1H3,(H,22,26)(H,23,24,25)/t9-/m1/s1. The van der Waals surface area contributed by atoms with Crippen molar-refractivity contribution in [1.82, 2.24) is 15.3 Å². The molecule has 1 atom stereocenters. The first-order chi connectivity index (χ1) is 12.2. The Labute approximate surface area is 150 Å². The number of carbonyl (C=O) groups is 1. The molecule has 1 aliphatic rings. The van der Waals surface area contributed by atoms with E-state index in [0.717, 1.165) is 31.0 Å². The molecule has 148 valence electrons. The van der Waals surface area contributed by atoms with Crippen molar-refractivity contribution in [3.8, 4) is 0 Å². The van der Waals surface area contributed by atoms with Gasteiger partial charge in [-0.3, -0.25) is 9.59 Å². The SMILES string of the molecule is C[C@@H](NC(=O)c1cc(=O)[nH]c(C2CC2)n1)c1ccc(S(F)(F)(F)(F)F)cc1. The average Bonchev–Trinajstić information content (AvgIpc) is 3.37. The van der Waals surface area contributed by atoms with Gasteiger partial charge in [-0.15, -0.1) is 0 Å². The maximum absolute atomic E-state index is 12.7. The summed E-state index contributed by atoms with van der Waals surface area (Å²) in [5.74, 6) is -0.157. The lowest BCUT2D eigenvalue weighted by molar-refractivity contribution is 0.0934. The Morgan fingerprint density at radius 2 is 1.78 bits per heavy atom. The van der Waals surface area contributed by atoms with Crippen LogP contribution in [0.3, 0.4) is 0 Å². The molecular formula is C16H16F5N3O2S. The largest absolute Gasteiger partial charge is 0.344 e. The highest BCUT2D eigenvalue weighted by molar-refractivity contribution is 8.45. The lowest BCUT2D eigenvalue weighted by Crippen LogP contribution is -2.29. The van der Waals surface area contributed by atoms with Crippen LogP contribution in [0.2, 0.25) is 0 Å². The fourth-order valence-corrected chi connectivity index (χ4v) is 3.16. The number of nitrogens with zero attached hydrogens (tertiary/aromatic N) is 1. The molecule has 1 aromatic heterocycles. The Kier molecular flexibility index (Phi) is 3.96. The lowest BCUT2D eigenvalue weighted by Gasteiger charge is -2.40. The van der Waals surface area contributed by atoms with Crippen LogP contribution < -0.4 is 10.9 Å². The quantitative estimate of drug-likeness (QED) is 0.697. The van der Waals surface area contributed by atoms with Crippen molar-refractivity contribution in [3.63, 3.8) is 0 Å². The van der Waals surface area contributed by atoms with E-state index in [-0.39, 0.29) is 29.3 Å². The minimum absolute atomic E-state index is 0.113. The van der Waals surface area contributed by atoms with Gasteiger partial charge < -0.3 is 10.3 Å². The van der Waals surface area contributed by atoms with E-state index >= 15 is 0 Å². The Bertz CT molecular complexity index is 953. The van der Waals surface area contributed by atoms with Gasteiger partial charge >= 0.3 is 10.2 Å². The molecule has 1 heterocycles. The molecule has 3 rings (SSSR count). The first-order valence-electron chi connectivity index (χ1n) is 7.99. The third kappa shape index (κ3) is 4.65. The van der Waals surface area contributed by atoms with Crippen molar-refractivity contribution in [3.05, 3.63) is 57.8 Å². The molecule has 0 radical (unpaired) electrons. The summed E-state index contributed by atoms with van der Waals surface area (Å²) in [7, 11) is -9.74. The van der Waals surface area contributed by atoms with E-state index in [9.17, 15) is 29.0 Å². The zero-order chi connectivity index (χ0) is 20.1. The first kappa shape index (κ1) is 19.3. The van der Waals surface area contributed by atoms with Crippen LogP contribution in [0, 0.1) is 0 Å². The average molecular weight is 409 g/mol. The molecule has 1 amide bonds. The predicted molar refractivity (Wildman–Crippen MR) is 90.6 cm³/mol. The molecule has 0 aliphatic heterocycles. The van der Waals surface area contributed by atoms with E-state index in [4.69, 9.17) is 0 Å². The summed E-state index contributed by atoms with van der Waals surface area (Å²) in [6, 6.07) is 2.56. The maximum atomic E-state index is 12.7. The minimum Gasteiger partial charge on any atom is -0.344 e. The van der Waals surface area contributed by atoms with Crippen LogP contribution in [-0.4, -0.2) is 15.9 Å². The number of benzene rings is 1. The van der Waals surface area contributed by atoms with Gasteiger partial charge in [0.1, 0.15) is 16.4 Å². The van der Waals surface area contributed by atoms with E-state index in [2.05, 4.69) is 15.3 Å². The molecule has 2 N–H and O–H groups in total. The highest BCUT2D eigenvalue weighted by Crippen LogP contribution is 3.02. The summed E-state index contributed by atoms with van der Waals surface area (Å²) in [4.78, 5) is 28.6. The van der Waals surface area contributed by atoms with Crippen LogP contribution in [-0.2, 0) is 0 Å². The smallest absolute Gasteiger partial charge is 0.310 e. The molecule has 0 spiro atoms. The van der Waals surface area contributed by atoms with Crippen molar-refractivity contribution in [1.29, 1.82) is 0 Å². The summed E-state index contributed by atoms with van der Waals surface area (Å²) in [5.41, 5.74) is -0.401. The van der Waals surface area contributed by atoms with Crippen molar-refractivity contribution < 1.29 is 24.2 Å². The van der Waals surface area contributed by atoms with E-state index in [1.54, 1.807) is 0 Å². The number of nitrogens with one attached hydrogen (secondary N) is 2. The van der Waals surface area contributed by atoms with Gasteiger partial charge in [0, 0.05) is 12.0 Å². The van der Waals surface area contributed by atoms with Gasteiger partial charge in [-0.1, -0.05) is 31.6 Å². The van der Waals surface area contributed by atoms with Gasteiger partial charge in [-0.2, -0.15) is 0 Å². The summed E-state index contributed by atoms with van der Waals surface area (Å²) in [6.07, 6.45) is 1.73.